The maximum atomic E-state index is 12.3. The molecule has 2 rings (SSSR count). The Balaban J connectivity index is 2.10. The summed E-state index contributed by atoms with van der Waals surface area (Å²) in [5, 5.41) is 2.79. The second-order valence-corrected chi connectivity index (χ2v) is 6.01. The SMILES string of the molecule is C=CCOC(=O)[C@H](CNC(=O)c1ccccc1)c1ccc(Br)cc1. The van der Waals surface area contributed by atoms with Crippen molar-refractivity contribution in [1.29, 1.82) is 0 Å². The molecule has 0 unspecified atom stereocenters. The molecule has 0 saturated heterocycles. The zero-order valence-electron chi connectivity index (χ0n) is 13.1. The molecular formula is C19H18BrNO3. The topological polar surface area (TPSA) is 55.4 Å². The first-order valence-corrected chi connectivity index (χ1v) is 8.27. The van der Waals surface area contributed by atoms with E-state index < -0.39 is 11.9 Å². The number of rotatable bonds is 7. The van der Waals surface area contributed by atoms with Crippen molar-refractivity contribution in [3.05, 3.63) is 82.9 Å². The molecule has 0 bridgehead atoms. The van der Waals surface area contributed by atoms with Crippen molar-refractivity contribution in [3.63, 3.8) is 0 Å². The molecule has 0 spiro atoms. The molecule has 124 valence electrons. The maximum absolute atomic E-state index is 12.3. The van der Waals surface area contributed by atoms with Gasteiger partial charge in [-0.15, -0.1) is 0 Å². The molecule has 2 aromatic rings. The molecule has 0 aliphatic carbocycles. The van der Waals surface area contributed by atoms with E-state index in [1.165, 1.54) is 6.08 Å². The number of halogens is 1. The van der Waals surface area contributed by atoms with Crippen molar-refractivity contribution < 1.29 is 14.3 Å². The third-order valence-electron chi connectivity index (χ3n) is 3.40. The Bertz CT molecular complexity index is 698. The van der Waals surface area contributed by atoms with Crippen LogP contribution in [0.5, 0.6) is 0 Å². The zero-order chi connectivity index (χ0) is 17.4. The van der Waals surface area contributed by atoms with Crippen molar-refractivity contribution in [2.75, 3.05) is 13.2 Å². The van der Waals surface area contributed by atoms with Crippen LogP contribution in [0.4, 0.5) is 0 Å². The lowest BCUT2D eigenvalue weighted by molar-refractivity contribution is -0.144. The molecule has 0 aliphatic rings. The van der Waals surface area contributed by atoms with Crippen LogP contribution in [0.1, 0.15) is 21.8 Å². The third-order valence-corrected chi connectivity index (χ3v) is 3.93. The minimum atomic E-state index is -0.578. The number of ether oxygens (including phenoxy) is 1. The van der Waals surface area contributed by atoms with E-state index in [-0.39, 0.29) is 19.1 Å². The summed E-state index contributed by atoms with van der Waals surface area (Å²) >= 11 is 3.37. The van der Waals surface area contributed by atoms with E-state index >= 15 is 0 Å². The van der Waals surface area contributed by atoms with Crippen LogP contribution in [0, 0.1) is 0 Å². The van der Waals surface area contributed by atoms with E-state index in [9.17, 15) is 9.59 Å². The van der Waals surface area contributed by atoms with Crippen LogP contribution in [0.3, 0.4) is 0 Å². The van der Waals surface area contributed by atoms with Gasteiger partial charge in [0.2, 0.25) is 0 Å². The molecule has 0 radical (unpaired) electrons. The Kier molecular flexibility index (Phi) is 6.75. The fourth-order valence-corrected chi connectivity index (χ4v) is 2.42. The van der Waals surface area contributed by atoms with E-state index in [4.69, 9.17) is 4.74 Å². The van der Waals surface area contributed by atoms with E-state index in [1.807, 2.05) is 30.3 Å². The van der Waals surface area contributed by atoms with Gasteiger partial charge < -0.3 is 10.1 Å². The summed E-state index contributed by atoms with van der Waals surface area (Å²) in [5.41, 5.74) is 1.33. The number of carbonyl (C=O) groups excluding carboxylic acids is 2. The van der Waals surface area contributed by atoms with Crippen LogP contribution in [0.25, 0.3) is 0 Å². The average Bonchev–Trinajstić information content (AvgIpc) is 2.62. The molecule has 0 saturated carbocycles. The van der Waals surface area contributed by atoms with Crippen LogP contribution < -0.4 is 5.32 Å². The van der Waals surface area contributed by atoms with Gasteiger partial charge in [0.25, 0.3) is 5.91 Å². The minimum absolute atomic E-state index is 0.137. The molecule has 0 heterocycles. The highest BCUT2D eigenvalue weighted by atomic mass is 79.9. The number of hydrogen-bond donors (Lipinski definition) is 1. The quantitative estimate of drug-likeness (QED) is 0.582. The summed E-state index contributed by atoms with van der Waals surface area (Å²) in [5.74, 6) is -1.20. The van der Waals surface area contributed by atoms with Gasteiger partial charge in [-0.1, -0.05) is 58.9 Å². The fraction of sp³-hybridized carbons (Fsp3) is 0.158. The molecule has 0 aliphatic heterocycles. The first-order valence-electron chi connectivity index (χ1n) is 7.48. The fourth-order valence-electron chi connectivity index (χ4n) is 2.16. The molecule has 0 fully saturated rings. The zero-order valence-corrected chi connectivity index (χ0v) is 14.7. The predicted molar refractivity (Wildman–Crippen MR) is 96.8 cm³/mol. The van der Waals surface area contributed by atoms with E-state index in [2.05, 4.69) is 27.8 Å². The van der Waals surface area contributed by atoms with Crippen molar-refractivity contribution in [1.82, 2.24) is 5.32 Å². The van der Waals surface area contributed by atoms with Gasteiger partial charge in [-0.3, -0.25) is 9.59 Å². The van der Waals surface area contributed by atoms with Crippen LogP contribution in [0.2, 0.25) is 0 Å². The highest BCUT2D eigenvalue weighted by Crippen LogP contribution is 2.20. The van der Waals surface area contributed by atoms with Crippen molar-refractivity contribution >= 4 is 27.8 Å². The Morgan fingerprint density at radius 1 is 1.12 bits per heavy atom. The monoisotopic (exact) mass is 387 g/mol. The lowest BCUT2D eigenvalue weighted by Crippen LogP contribution is -2.32. The molecule has 0 aromatic heterocycles. The molecule has 2 aromatic carbocycles. The van der Waals surface area contributed by atoms with Crippen LogP contribution in [0.15, 0.2) is 71.7 Å². The van der Waals surface area contributed by atoms with Gasteiger partial charge >= 0.3 is 5.97 Å². The van der Waals surface area contributed by atoms with Gasteiger partial charge in [0.05, 0.1) is 5.92 Å². The van der Waals surface area contributed by atoms with Crippen LogP contribution in [-0.2, 0) is 9.53 Å². The maximum Gasteiger partial charge on any atom is 0.315 e. The van der Waals surface area contributed by atoms with Gasteiger partial charge in [0.15, 0.2) is 0 Å². The number of benzene rings is 2. The van der Waals surface area contributed by atoms with Crippen molar-refractivity contribution in [2.24, 2.45) is 0 Å². The lowest BCUT2D eigenvalue weighted by Gasteiger charge is -2.17. The molecule has 1 N–H and O–H groups in total. The first-order chi connectivity index (χ1) is 11.6. The molecule has 5 heteroatoms. The van der Waals surface area contributed by atoms with E-state index in [1.54, 1.807) is 24.3 Å². The summed E-state index contributed by atoms with van der Waals surface area (Å²) in [4.78, 5) is 24.5. The van der Waals surface area contributed by atoms with Gasteiger partial charge in [-0.2, -0.15) is 0 Å². The van der Waals surface area contributed by atoms with Crippen LogP contribution >= 0.6 is 15.9 Å². The second kappa shape index (κ2) is 9.03. The van der Waals surface area contributed by atoms with Crippen molar-refractivity contribution in [2.45, 2.75) is 5.92 Å². The van der Waals surface area contributed by atoms with Crippen molar-refractivity contribution in [3.8, 4) is 0 Å². The second-order valence-electron chi connectivity index (χ2n) is 5.10. The summed E-state index contributed by atoms with van der Waals surface area (Å²) in [6.45, 7) is 3.83. The highest BCUT2D eigenvalue weighted by Gasteiger charge is 2.23. The number of amides is 1. The third kappa shape index (κ3) is 5.06. The van der Waals surface area contributed by atoms with Gasteiger partial charge in [0.1, 0.15) is 6.61 Å². The minimum Gasteiger partial charge on any atom is -0.461 e. The Hall–Kier alpha value is -2.40. The predicted octanol–water partition coefficient (Wildman–Crippen LogP) is 3.69. The Morgan fingerprint density at radius 3 is 2.42 bits per heavy atom. The average molecular weight is 388 g/mol. The normalized spacial score (nSPS) is 11.4. The highest BCUT2D eigenvalue weighted by molar-refractivity contribution is 9.10. The summed E-state index contributed by atoms with van der Waals surface area (Å²) < 4.78 is 6.07. The summed E-state index contributed by atoms with van der Waals surface area (Å²) in [6, 6.07) is 16.2. The molecule has 24 heavy (non-hydrogen) atoms. The summed E-state index contributed by atoms with van der Waals surface area (Å²) in [6.07, 6.45) is 1.51. The Morgan fingerprint density at radius 2 is 1.79 bits per heavy atom. The number of esters is 1. The molecule has 1 amide bonds. The summed E-state index contributed by atoms with van der Waals surface area (Å²) in [7, 11) is 0. The smallest absolute Gasteiger partial charge is 0.315 e. The molecule has 4 nitrogen and oxygen atoms in total. The van der Waals surface area contributed by atoms with E-state index in [0.717, 1.165) is 10.0 Å². The van der Waals surface area contributed by atoms with Gasteiger partial charge in [-0.05, 0) is 29.8 Å². The standard InChI is InChI=1S/C19H18BrNO3/c1-2-12-24-19(23)17(14-8-10-16(20)11-9-14)13-21-18(22)15-6-4-3-5-7-15/h2-11,17H,1,12-13H2,(H,21,22)/t17-/m1/s1. The largest absolute Gasteiger partial charge is 0.461 e. The molecule has 1 atom stereocenters. The number of nitrogens with one attached hydrogen (secondary N) is 1. The number of hydrogen-bond acceptors (Lipinski definition) is 3. The Labute approximate surface area is 149 Å². The molecular weight excluding hydrogens is 370 g/mol. The first kappa shape index (κ1) is 17.9. The van der Waals surface area contributed by atoms with Gasteiger partial charge in [0, 0.05) is 16.6 Å². The van der Waals surface area contributed by atoms with Gasteiger partial charge in [-0.25, -0.2) is 0 Å². The van der Waals surface area contributed by atoms with Crippen LogP contribution in [-0.4, -0.2) is 25.0 Å². The lowest BCUT2D eigenvalue weighted by atomic mass is 9.99. The number of carbonyl (C=O) groups is 2. The van der Waals surface area contributed by atoms with E-state index in [0.29, 0.717) is 5.56 Å².